The van der Waals surface area contributed by atoms with E-state index in [9.17, 15) is 9.59 Å². The van der Waals surface area contributed by atoms with Crippen LogP contribution in [0.15, 0.2) is 5.16 Å². The van der Waals surface area contributed by atoms with Crippen molar-refractivity contribution >= 4 is 28.7 Å². The predicted molar refractivity (Wildman–Crippen MR) is 37.3 cm³/mol. The number of carboxylic acid groups (broad SMARTS) is 1. The minimum absolute atomic E-state index is 0.118. The van der Waals surface area contributed by atoms with E-state index in [1.807, 2.05) is 0 Å². The van der Waals surface area contributed by atoms with Crippen LogP contribution in [0, 0.1) is 0 Å². The standard InChI is InChI=1S/C5H6ClNO4/c1-2-3(8)11-7-4(6)5(9)10/h2H2,1H3,(H,9,10)/b7-4+. The van der Waals surface area contributed by atoms with Crippen LogP contribution in [0.4, 0.5) is 0 Å². The first kappa shape index (κ1) is 9.90. The molecule has 1 N–H and O–H groups in total. The van der Waals surface area contributed by atoms with Gasteiger partial charge in [-0.05, 0) is 0 Å². The first-order valence-electron chi connectivity index (χ1n) is 2.74. The van der Waals surface area contributed by atoms with Gasteiger partial charge in [-0.25, -0.2) is 9.59 Å². The smallest absolute Gasteiger partial charge is 0.369 e. The van der Waals surface area contributed by atoms with Gasteiger partial charge in [0, 0.05) is 6.42 Å². The molecule has 0 saturated heterocycles. The van der Waals surface area contributed by atoms with E-state index in [0.717, 1.165) is 0 Å². The van der Waals surface area contributed by atoms with Gasteiger partial charge in [-0.2, -0.15) is 0 Å². The lowest BCUT2D eigenvalue weighted by atomic mass is 10.5. The predicted octanol–water partition coefficient (Wildman–Crippen LogP) is 0.577. The summed E-state index contributed by atoms with van der Waals surface area (Å²) >= 11 is 4.99. The van der Waals surface area contributed by atoms with Gasteiger partial charge in [-0.3, -0.25) is 0 Å². The van der Waals surface area contributed by atoms with Crippen molar-refractivity contribution in [3.63, 3.8) is 0 Å². The lowest BCUT2D eigenvalue weighted by Gasteiger charge is -1.91. The molecule has 0 rings (SSSR count). The molecule has 0 fully saturated rings. The topological polar surface area (TPSA) is 76.0 Å². The Morgan fingerprint density at radius 3 is 2.55 bits per heavy atom. The van der Waals surface area contributed by atoms with E-state index in [0.29, 0.717) is 0 Å². The number of hydrogen-bond donors (Lipinski definition) is 1. The highest BCUT2D eigenvalue weighted by atomic mass is 35.5. The van der Waals surface area contributed by atoms with Crippen LogP contribution >= 0.6 is 11.6 Å². The fourth-order valence-electron chi connectivity index (χ4n) is 0.195. The van der Waals surface area contributed by atoms with E-state index in [4.69, 9.17) is 16.7 Å². The third-order valence-electron chi connectivity index (χ3n) is 0.693. The number of carboxylic acids is 1. The van der Waals surface area contributed by atoms with E-state index < -0.39 is 17.1 Å². The zero-order valence-corrected chi connectivity index (χ0v) is 6.46. The van der Waals surface area contributed by atoms with Gasteiger partial charge < -0.3 is 9.94 Å². The van der Waals surface area contributed by atoms with Crippen LogP contribution in [0.1, 0.15) is 13.3 Å². The molecule has 11 heavy (non-hydrogen) atoms. The highest BCUT2D eigenvalue weighted by Crippen LogP contribution is 1.90. The van der Waals surface area contributed by atoms with Crippen LogP contribution < -0.4 is 0 Å². The van der Waals surface area contributed by atoms with Gasteiger partial charge in [-0.1, -0.05) is 23.7 Å². The number of carbonyl (C=O) groups excluding carboxylic acids is 1. The molecule has 6 heteroatoms. The molecular weight excluding hydrogens is 174 g/mol. The van der Waals surface area contributed by atoms with Gasteiger partial charge in [0.25, 0.3) is 5.17 Å². The molecule has 0 aromatic rings. The zero-order chi connectivity index (χ0) is 8.85. The molecule has 0 amide bonds. The maximum Gasteiger partial charge on any atom is 0.369 e. The number of aliphatic carboxylic acids is 1. The van der Waals surface area contributed by atoms with Gasteiger partial charge in [0.15, 0.2) is 0 Å². The van der Waals surface area contributed by atoms with Crippen LogP contribution in [0.5, 0.6) is 0 Å². The summed E-state index contributed by atoms with van der Waals surface area (Å²) in [6.07, 6.45) is 0.118. The molecule has 0 heterocycles. The van der Waals surface area contributed by atoms with Crippen LogP contribution in [0.25, 0.3) is 0 Å². The second-order valence-electron chi connectivity index (χ2n) is 1.50. The minimum atomic E-state index is -1.43. The van der Waals surface area contributed by atoms with E-state index >= 15 is 0 Å². The molecule has 0 aliphatic carbocycles. The van der Waals surface area contributed by atoms with Crippen molar-refractivity contribution in [1.82, 2.24) is 0 Å². The monoisotopic (exact) mass is 179 g/mol. The Balaban J connectivity index is 3.92. The van der Waals surface area contributed by atoms with Crippen molar-refractivity contribution in [2.45, 2.75) is 13.3 Å². The summed E-state index contributed by atoms with van der Waals surface area (Å²) < 4.78 is 0. The molecule has 0 unspecified atom stereocenters. The first-order valence-corrected chi connectivity index (χ1v) is 3.12. The summed E-state index contributed by atoms with van der Waals surface area (Å²) in [5.74, 6) is -2.07. The Hall–Kier alpha value is -1.10. The fourth-order valence-corrected chi connectivity index (χ4v) is 0.229. The Bertz CT molecular complexity index is 201. The maximum absolute atomic E-state index is 10.4. The maximum atomic E-state index is 10.4. The fraction of sp³-hybridized carbons (Fsp3) is 0.400. The van der Waals surface area contributed by atoms with Gasteiger partial charge in [0.2, 0.25) is 0 Å². The average molecular weight is 180 g/mol. The number of hydrogen-bond acceptors (Lipinski definition) is 4. The van der Waals surface area contributed by atoms with E-state index in [1.54, 1.807) is 6.92 Å². The summed E-state index contributed by atoms with van der Waals surface area (Å²) in [7, 11) is 0. The van der Waals surface area contributed by atoms with Crippen molar-refractivity contribution < 1.29 is 19.5 Å². The molecule has 0 atom stereocenters. The van der Waals surface area contributed by atoms with Crippen LogP contribution in [0.2, 0.25) is 0 Å². The number of halogens is 1. The van der Waals surface area contributed by atoms with Crippen LogP contribution in [-0.2, 0) is 14.4 Å². The Morgan fingerprint density at radius 2 is 2.18 bits per heavy atom. The SMILES string of the molecule is CCC(=O)O/N=C(/Cl)C(=O)O. The molecule has 0 bridgehead atoms. The molecule has 0 aliphatic heterocycles. The second kappa shape index (κ2) is 4.68. The lowest BCUT2D eigenvalue weighted by molar-refractivity contribution is -0.143. The van der Waals surface area contributed by atoms with Gasteiger partial charge in [0.05, 0.1) is 0 Å². The first-order chi connectivity index (χ1) is 5.07. The number of carbonyl (C=O) groups is 2. The van der Waals surface area contributed by atoms with E-state index in [1.165, 1.54) is 0 Å². The quantitative estimate of drug-likeness (QED) is 0.391. The lowest BCUT2D eigenvalue weighted by Crippen LogP contribution is -2.07. The average Bonchev–Trinajstić information content (AvgIpc) is 1.99. The second-order valence-corrected chi connectivity index (χ2v) is 1.86. The Labute approximate surface area is 67.6 Å². The van der Waals surface area contributed by atoms with E-state index in [2.05, 4.69) is 9.99 Å². The normalized spacial score (nSPS) is 10.9. The molecule has 0 radical (unpaired) electrons. The molecular formula is C5H6ClNO4. The zero-order valence-electron chi connectivity index (χ0n) is 5.70. The van der Waals surface area contributed by atoms with Crippen molar-refractivity contribution in [2.24, 2.45) is 5.16 Å². The van der Waals surface area contributed by atoms with Crippen LogP contribution in [0.3, 0.4) is 0 Å². The van der Waals surface area contributed by atoms with Crippen molar-refractivity contribution in [1.29, 1.82) is 0 Å². The number of rotatable bonds is 3. The van der Waals surface area contributed by atoms with Crippen molar-refractivity contribution in [3.05, 3.63) is 0 Å². The minimum Gasteiger partial charge on any atom is -0.476 e. The molecule has 5 nitrogen and oxygen atoms in total. The van der Waals surface area contributed by atoms with Crippen LogP contribution in [-0.4, -0.2) is 22.2 Å². The molecule has 62 valence electrons. The molecule has 0 aromatic carbocycles. The van der Waals surface area contributed by atoms with Gasteiger partial charge in [-0.15, -0.1) is 0 Å². The van der Waals surface area contributed by atoms with Gasteiger partial charge in [0.1, 0.15) is 0 Å². The Morgan fingerprint density at radius 1 is 1.64 bits per heavy atom. The van der Waals surface area contributed by atoms with Crippen molar-refractivity contribution in [2.75, 3.05) is 0 Å². The van der Waals surface area contributed by atoms with Crippen molar-refractivity contribution in [3.8, 4) is 0 Å². The molecule has 0 saturated carbocycles. The summed E-state index contributed by atoms with van der Waals surface area (Å²) in [5.41, 5.74) is 0. The Kier molecular flexibility index (Phi) is 4.21. The summed E-state index contributed by atoms with van der Waals surface area (Å²) in [4.78, 5) is 24.4. The van der Waals surface area contributed by atoms with E-state index in [-0.39, 0.29) is 6.42 Å². The third-order valence-corrected chi connectivity index (χ3v) is 0.923. The molecule has 0 aromatic heterocycles. The summed E-state index contributed by atoms with van der Waals surface area (Å²) in [6.45, 7) is 1.55. The number of nitrogens with zero attached hydrogens (tertiary/aromatic N) is 1. The summed E-state index contributed by atoms with van der Waals surface area (Å²) in [5, 5.41) is 10.2. The highest BCUT2D eigenvalue weighted by molar-refractivity contribution is 6.81. The summed E-state index contributed by atoms with van der Waals surface area (Å²) in [6, 6.07) is 0. The molecule has 0 aliphatic rings. The number of oxime groups is 1. The largest absolute Gasteiger partial charge is 0.476 e. The highest BCUT2D eigenvalue weighted by Gasteiger charge is 2.06. The third kappa shape index (κ3) is 4.32. The molecule has 0 spiro atoms. The van der Waals surface area contributed by atoms with Gasteiger partial charge >= 0.3 is 11.9 Å².